The zero-order valence-electron chi connectivity index (χ0n) is 11.6. The first-order valence-electron chi connectivity index (χ1n) is 6.64. The van der Waals surface area contributed by atoms with Gasteiger partial charge in [0.15, 0.2) is 0 Å². The second-order valence-corrected chi connectivity index (χ2v) is 4.94. The molecule has 0 saturated heterocycles. The van der Waals surface area contributed by atoms with Gasteiger partial charge in [0, 0.05) is 0 Å². The van der Waals surface area contributed by atoms with Crippen LogP contribution in [-0.4, -0.2) is 33.0 Å². The summed E-state index contributed by atoms with van der Waals surface area (Å²) in [5, 5.41) is 0. The first-order valence-corrected chi connectivity index (χ1v) is 7.42. The number of ether oxygens (including phenoxy) is 3. The Morgan fingerprint density at radius 2 is 1.65 bits per heavy atom. The molecule has 0 amide bonds. The number of halogens is 2. The van der Waals surface area contributed by atoms with Crippen LogP contribution in [0.25, 0.3) is 0 Å². The van der Waals surface area contributed by atoms with Crippen molar-refractivity contribution in [1.29, 1.82) is 0 Å². The summed E-state index contributed by atoms with van der Waals surface area (Å²) in [6.07, 6.45) is 2.16. The molecular weight excluding hydrogens is 302 g/mol. The molecular formula is C14H19F2O3Ti. The van der Waals surface area contributed by atoms with Gasteiger partial charge in [0.25, 0.3) is 0 Å². The fraction of sp³-hybridized carbons (Fsp3) is 0.571. The van der Waals surface area contributed by atoms with Gasteiger partial charge in [-0.3, -0.25) is 0 Å². The van der Waals surface area contributed by atoms with E-state index in [1.807, 2.05) is 0 Å². The molecule has 1 aromatic carbocycles. The minimum absolute atomic E-state index is 0.0345. The van der Waals surface area contributed by atoms with Crippen LogP contribution in [0.2, 0.25) is 0 Å². The van der Waals surface area contributed by atoms with Crippen molar-refractivity contribution >= 4 is 3.87 Å². The zero-order chi connectivity index (χ0) is 14.8. The quantitative estimate of drug-likeness (QED) is 0.489. The Labute approximate surface area is 130 Å². The van der Waals surface area contributed by atoms with E-state index in [-0.39, 0.29) is 16.2 Å². The third kappa shape index (κ3) is 6.31. The SMILES string of the molecule is CCCCOCCOCCOc1ccc(F)[c]([Ti])c1F. The van der Waals surface area contributed by atoms with Crippen molar-refractivity contribution in [3.63, 3.8) is 0 Å². The van der Waals surface area contributed by atoms with Gasteiger partial charge in [-0.2, -0.15) is 0 Å². The maximum absolute atomic E-state index is 13.6. The molecule has 0 fully saturated rings. The molecule has 0 saturated carbocycles. The maximum atomic E-state index is 13.6. The predicted octanol–water partition coefficient (Wildman–Crippen LogP) is 2.35. The molecule has 0 bridgehead atoms. The molecule has 1 aromatic rings. The van der Waals surface area contributed by atoms with Crippen LogP contribution in [0.5, 0.6) is 5.75 Å². The van der Waals surface area contributed by atoms with Crippen molar-refractivity contribution in [2.24, 2.45) is 0 Å². The van der Waals surface area contributed by atoms with Gasteiger partial charge in [0.1, 0.15) is 0 Å². The van der Waals surface area contributed by atoms with Crippen LogP contribution < -0.4 is 8.61 Å². The minimum atomic E-state index is -0.659. The van der Waals surface area contributed by atoms with E-state index in [4.69, 9.17) is 14.2 Å². The van der Waals surface area contributed by atoms with Gasteiger partial charge in [0.05, 0.1) is 0 Å². The molecule has 0 aliphatic rings. The van der Waals surface area contributed by atoms with Crippen molar-refractivity contribution in [3.05, 3.63) is 23.8 Å². The van der Waals surface area contributed by atoms with E-state index in [2.05, 4.69) is 6.92 Å². The van der Waals surface area contributed by atoms with Crippen molar-refractivity contribution < 1.29 is 43.4 Å². The Balaban J connectivity index is 2.11. The van der Waals surface area contributed by atoms with E-state index in [1.54, 1.807) is 0 Å². The van der Waals surface area contributed by atoms with Gasteiger partial charge in [-0.25, -0.2) is 0 Å². The summed E-state index contributed by atoms with van der Waals surface area (Å²) in [6.45, 7) is 4.44. The molecule has 6 heteroatoms. The normalized spacial score (nSPS) is 10.7. The van der Waals surface area contributed by atoms with Crippen molar-refractivity contribution in [2.45, 2.75) is 19.8 Å². The van der Waals surface area contributed by atoms with E-state index in [0.717, 1.165) is 19.4 Å². The average Bonchev–Trinajstić information content (AvgIpc) is 2.45. The second kappa shape index (κ2) is 10.3. The second-order valence-electron chi connectivity index (χ2n) is 4.16. The first kappa shape index (κ1) is 17.6. The predicted molar refractivity (Wildman–Crippen MR) is 68.0 cm³/mol. The standard InChI is InChI=1S/C14H19F2O3.Ti/c1-2-3-6-17-7-8-18-9-10-19-14-5-4-12(15)11-13(14)16;/h4-5H,2-3,6-10H2,1H3;. The molecule has 0 spiro atoms. The molecule has 0 radical (unpaired) electrons. The Morgan fingerprint density at radius 3 is 2.35 bits per heavy atom. The number of hydrogen-bond donors (Lipinski definition) is 0. The molecule has 3 nitrogen and oxygen atoms in total. The molecule has 0 N–H and O–H groups in total. The van der Waals surface area contributed by atoms with E-state index in [0.29, 0.717) is 19.8 Å². The van der Waals surface area contributed by atoms with Gasteiger partial charge >= 0.3 is 116 Å². The van der Waals surface area contributed by atoms with E-state index in [1.165, 1.54) is 32.6 Å². The Hall–Kier alpha value is -0.486. The number of hydrogen-bond acceptors (Lipinski definition) is 3. The summed E-state index contributed by atoms with van der Waals surface area (Å²) >= 11 is 1.38. The summed E-state index contributed by atoms with van der Waals surface area (Å²) in [7, 11) is 0. The average molecular weight is 321 g/mol. The van der Waals surface area contributed by atoms with Gasteiger partial charge in [-0.05, 0) is 0 Å². The van der Waals surface area contributed by atoms with Gasteiger partial charge < -0.3 is 0 Å². The van der Waals surface area contributed by atoms with Gasteiger partial charge in [0.2, 0.25) is 0 Å². The monoisotopic (exact) mass is 321 g/mol. The molecule has 0 unspecified atom stereocenters. The van der Waals surface area contributed by atoms with Crippen LogP contribution in [0, 0.1) is 11.6 Å². The van der Waals surface area contributed by atoms with Gasteiger partial charge in [-0.15, -0.1) is 0 Å². The molecule has 0 aliphatic heterocycles. The fourth-order valence-corrected chi connectivity index (χ4v) is 1.75. The first-order chi connectivity index (χ1) is 9.66. The van der Waals surface area contributed by atoms with Crippen LogP contribution in [0.3, 0.4) is 0 Å². The Bertz CT molecular complexity index is 402. The third-order valence-corrected chi connectivity index (χ3v) is 3.27. The number of unbranched alkanes of at least 4 members (excludes halogenated alkanes) is 1. The van der Waals surface area contributed by atoms with Crippen molar-refractivity contribution in [3.8, 4) is 5.75 Å². The van der Waals surface area contributed by atoms with Crippen LogP contribution in [0.1, 0.15) is 19.8 Å². The van der Waals surface area contributed by atoms with Crippen LogP contribution in [-0.2, 0) is 29.9 Å². The zero-order valence-corrected chi connectivity index (χ0v) is 13.1. The molecule has 0 aliphatic carbocycles. The van der Waals surface area contributed by atoms with Gasteiger partial charge in [-0.1, -0.05) is 13.3 Å². The topological polar surface area (TPSA) is 27.7 Å². The summed E-state index contributed by atoms with van der Waals surface area (Å²) in [5.41, 5.74) is 0. The van der Waals surface area contributed by atoms with Crippen LogP contribution >= 0.6 is 0 Å². The molecule has 0 heterocycles. The molecule has 111 valence electrons. The Kier molecular flexibility index (Phi) is 9.02. The van der Waals surface area contributed by atoms with Crippen LogP contribution in [0.4, 0.5) is 8.78 Å². The van der Waals surface area contributed by atoms with E-state index >= 15 is 0 Å². The summed E-state index contributed by atoms with van der Waals surface area (Å²) in [5.74, 6) is -1.19. The molecule has 0 atom stereocenters. The summed E-state index contributed by atoms with van der Waals surface area (Å²) in [4.78, 5) is 0. The van der Waals surface area contributed by atoms with E-state index < -0.39 is 11.6 Å². The summed E-state index contributed by atoms with van der Waals surface area (Å²) in [6, 6.07) is 2.47. The Morgan fingerprint density at radius 1 is 1.00 bits per heavy atom. The fourth-order valence-electron chi connectivity index (χ4n) is 1.42. The molecule has 0 aromatic heterocycles. The number of rotatable bonds is 10. The summed E-state index contributed by atoms with van der Waals surface area (Å²) < 4.78 is 42.4. The third-order valence-electron chi connectivity index (χ3n) is 2.56. The van der Waals surface area contributed by atoms with Crippen LogP contribution in [0.15, 0.2) is 12.1 Å². The number of benzene rings is 1. The van der Waals surface area contributed by atoms with E-state index in [9.17, 15) is 8.78 Å². The molecule has 20 heavy (non-hydrogen) atoms. The van der Waals surface area contributed by atoms with Crippen molar-refractivity contribution in [1.82, 2.24) is 0 Å². The van der Waals surface area contributed by atoms with Crippen molar-refractivity contribution in [2.75, 3.05) is 33.0 Å². The molecule has 1 rings (SSSR count).